The molecular formula is C15H11F3O7. The van der Waals surface area contributed by atoms with Gasteiger partial charge in [0.2, 0.25) is 6.10 Å². The average Bonchev–Trinajstić information content (AvgIpc) is 2.52. The first-order valence-electron chi connectivity index (χ1n) is 6.73. The summed E-state index contributed by atoms with van der Waals surface area (Å²) in [5, 5.41) is 9.28. The Kier molecular flexibility index (Phi) is 5.00. The van der Waals surface area contributed by atoms with Crippen LogP contribution in [0.1, 0.15) is 5.56 Å². The molecule has 0 radical (unpaired) electrons. The van der Waals surface area contributed by atoms with E-state index in [4.69, 9.17) is 14.3 Å². The minimum Gasteiger partial charge on any atom is -0.497 e. The SMILES string of the molecule is COc1ccc2c(C[C@@H](OC(=O)C(F)(F)F)C(=O)O)cc(=O)oc2c1. The molecule has 2 aromatic rings. The first kappa shape index (κ1) is 18.3. The molecule has 25 heavy (non-hydrogen) atoms. The van der Waals surface area contributed by atoms with Gasteiger partial charge in [0, 0.05) is 23.9 Å². The zero-order valence-electron chi connectivity index (χ0n) is 12.6. The molecule has 2 rings (SSSR count). The van der Waals surface area contributed by atoms with Crippen molar-refractivity contribution in [3.05, 3.63) is 40.2 Å². The van der Waals surface area contributed by atoms with E-state index in [9.17, 15) is 27.6 Å². The maximum absolute atomic E-state index is 12.3. The van der Waals surface area contributed by atoms with Gasteiger partial charge in [-0.1, -0.05) is 0 Å². The molecule has 0 aliphatic carbocycles. The van der Waals surface area contributed by atoms with Crippen molar-refractivity contribution in [2.45, 2.75) is 18.7 Å². The van der Waals surface area contributed by atoms with Crippen molar-refractivity contribution < 1.29 is 41.8 Å². The van der Waals surface area contributed by atoms with Crippen molar-refractivity contribution in [1.29, 1.82) is 0 Å². The van der Waals surface area contributed by atoms with Gasteiger partial charge in [0.05, 0.1) is 7.11 Å². The lowest BCUT2D eigenvalue weighted by Crippen LogP contribution is -2.35. The highest BCUT2D eigenvalue weighted by molar-refractivity contribution is 5.84. The lowest BCUT2D eigenvalue weighted by atomic mass is 10.0. The number of halogens is 3. The molecule has 0 unspecified atom stereocenters. The van der Waals surface area contributed by atoms with E-state index in [-0.39, 0.29) is 16.5 Å². The summed E-state index contributed by atoms with van der Waals surface area (Å²) in [7, 11) is 1.38. The summed E-state index contributed by atoms with van der Waals surface area (Å²) in [5.74, 6) is -4.06. The molecule has 0 aliphatic rings. The minimum absolute atomic E-state index is 0.0492. The van der Waals surface area contributed by atoms with Crippen LogP contribution in [0.5, 0.6) is 5.75 Å². The highest BCUT2D eigenvalue weighted by Crippen LogP contribution is 2.25. The van der Waals surface area contributed by atoms with Crippen LogP contribution in [-0.2, 0) is 20.7 Å². The summed E-state index contributed by atoms with van der Waals surface area (Å²) in [5.41, 5.74) is -0.744. The van der Waals surface area contributed by atoms with Crippen molar-refractivity contribution in [3.63, 3.8) is 0 Å². The Bertz CT molecular complexity index is 870. The molecule has 0 saturated carbocycles. The summed E-state index contributed by atoms with van der Waals surface area (Å²) < 4.78 is 50.7. The Hall–Kier alpha value is -3.04. The summed E-state index contributed by atoms with van der Waals surface area (Å²) in [4.78, 5) is 33.6. The lowest BCUT2D eigenvalue weighted by Gasteiger charge is -2.15. The van der Waals surface area contributed by atoms with Crippen molar-refractivity contribution in [1.82, 2.24) is 0 Å². The second kappa shape index (κ2) is 6.83. The number of hydrogen-bond acceptors (Lipinski definition) is 6. The number of benzene rings is 1. The molecular weight excluding hydrogens is 349 g/mol. The summed E-state index contributed by atoms with van der Waals surface area (Å²) in [6.45, 7) is 0. The fraction of sp³-hybridized carbons (Fsp3) is 0.267. The van der Waals surface area contributed by atoms with E-state index in [1.54, 1.807) is 0 Å². The zero-order chi connectivity index (χ0) is 18.8. The quantitative estimate of drug-likeness (QED) is 0.642. The Labute approximate surface area is 137 Å². The third-order valence-electron chi connectivity index (χ3n) is 3.20. The van der Waals surface area contributed by atoms with E-state index in [0.717, 1.165) is 6.07 Å². The molecule has 134 valence electrons. The molecule has 1 heterocycles. The third kappa shape index (κ3) is 4.28. The number of hydrogen-bond donors (Lipinski definition) is 1. The van der Waals surface area contributed by atoms with Crippen LogP contribution >= 0.6 is 0 Å². The third-order valence-corrected chi connectivity index (χ3v) is 3.20. The van der Waals surface area contributed by atoms with Gasteiger partial charge in [-0.25, -0.2) is 14.4 Å². The van der Waals surface area contributed by atoms with Crippen molar-refractivity contribution in [2.24, 2.45) is 0 Å². The van der Waals surface area contributed by atoms with Crippen LogP contribution in [0, 0.1) is 0 Å². The first-order valence-corrected chi connectivity index (χ1v) is 6.73. The number of alkyl halides is 3. The maximum Gasteiger partial charge on any atom is 0.490 e. The number of aliphatic carboxylic acids is 1. The normalized spacial score (nSPS) is 12.6. The highest BCUT2D eigenvalue weighted by Gasteiger charge is 2.43. The van der Waals surface area contributed by atoms with Crippen LogP contribution in [0.3, 0.4) is 0 Å². The Morgan fingerprint density at radius 2 is 1.96 bits per heavy atom. The summed E-state index contributed by atoms with van der Waals surface area (Å²) >= 11 is 0. The van der Waals surface area contributed by atoms with Gasteiger partial charge in [0.25, 0.3) is 0 Å². The number of esters is 1. The summed E-state index contributed by atoms with van der Waals surface area (Å²) in [6, 6.07) is 5.21. The number of methoxy groups -OCH3 is 1. The van der Waals surface area contributed by atoms with E-state index in [0.29, 0.717) is 5.75 Å². The van der Waals surface area contributed by atoms with Crippen LogP contribution in [0.25, 0.3) is 11.0 Å². The molecule has 1 aromatic carbocycles. The van der Waals surface area contributed by atoms with E-state index in [1.807, 2.05) is 0 Å². The van der Waals surface area contributed by atoms with Gasteiger partial charge in [-0.15, -0.1) is 0 Å². The number of fused-ring (bicyclic) bond motifs is 1. The van der Waals surface area contributed by atoms with Crippen LogP contribution in [0.4, 0.5) is 13.2 Å². The summed E-state index contributed by atoms with van der Waals surface area (Å²) in [6.07, 6.45) is -8.11. The fourth-order valence-corrected chi connectivity index (χ4v) is 2.08. The largest absolute Gasteiger partial charge is 0.497 e. The molecule has 0 saturated heterocycles. The first-order chi connectivity index (χ1) is 11.6. The van der Waals surface area contributed by atoms with Gasteiger partial charge in [-0.05, 0) is 17.7 Å². The van der Waals surface area contributed by atoms with E-state index < -0.39 is 36.3 Å². The van der Waals surface area contributed by atoms with Crippen molar-refractivity contribution >= 4 is 22.9 Å². The van der Waals surface area contributed by atoms with Crippen LogP contribution in [-0.4, -0.2) is 36.4 Å². The second-order valence-electron chi connectivity index (χ2n) is 4.89. The Morgan fingerprint density at radius 1 is 1.28 bits per heavy atom. The number of carboxylic acids is 1. The number of ether oxygens (including phenoxy) is 2. The van der Waals surface area contributed by atoms with E-state index in [1.165, 1.54) is 25.3 Å². The topological polar surface area (TPSA) is 103 Å². The predicted octanol–water partition coefficient (Wildman–Crippen LogP) is 1.90. The fourth-order valence-electron chi connectivity index (χ4n) is 2.08. The maximum atomic E-state index is 12.3. The molecule has 1 aromatic heterocycles. The van der Waals surface area contributed by atoms with Gasteiger partial charge >= 0.3 is 23.7 Å². The van der Waals surface area contributed by atoms with Gasteiger partial charge in [0.1, 0.15) is 11.3 Å². The lowest BCUT2D eigenvalue weighted by molar-refractivity contribution is -0.207. The van der Waals surface area contributed by atoms with Crippen molar-refractivity contribution in [2.75, 3.05) is 7.11 Å². The van der Waals surface area contributed by atoms with Gasteiger partial charge < -0.3 is 19.0 Å². The number of carboxylic acid groups (broad SMARTS) is 1. The molecule has 0 aliphatic heterocycles. The average molecular weight is 360 g/mol. The Morgan fingerprint density at radius 3 is 2.52 bits per heavy atom. The molecule has 0 amide bonds. The second-order valence-corrected chi connectivity index (χ2v) is 4.89. The number of rotatable bonds is 5. The molecule has 1 N–H and O–H groups in total. The van der Waals surface area contributed by atoms with Gasteiger partial charge in [-0.2, -0.15) is 13.2 Å². The van der Waals surface area contributed by atoms with Crippen LogP contribution in [0.15, 0.2) is 33.5 Å². The number of carbonyl (C=O) groups excluding carboxylic acids is 1. The number of carbonyl (C=O) groups is 2. The predicted molar refractivity (Wildman–Crippen MR) is 76.3 cm³/mol. The molecule has 0 fully saturated rings. The van der Waals surface area contributed by atoms with Gasteiger partial charge in [-0.3, -0.25) is 0 Å². The smallest absolute Gasteiger partial charge is 0.490 e. The standard InChI is InChI=1S/C15H11F3O7/c1-23-8-2-3-9-7(5-12(19)24-10(9)6-8)4-11(13(20)21)25-14(22)15(16,17)18/h2-3,5-6,11H,4H2,1H3,(H,20,21)/t11-/m1/s1. The molecule has 0 spiro atoms. The zero-order valence-corrected chi connectivity index (χ0v) is 12.6. The molecule has 0 bridgehead atoms. The van der Waals surface area contributed by atoms with Crippen molar-refractivity contribution in [3.8, 4) is 5.75 Å². The van der Waals surface area contributed by atoms with Crippen LogP contribution < -0.4 is 10.4 Å². The molecule has 1 atom stereocenters. The van der Waals surface area contributed by atoms with E-state index in [2.05, 4.69) is 4.74 Å². The van der Waals surface area contributed by atoms with Gasteiger partial charge in [0.15, 0.2) is 0 Å². The highest BCUT2D eigenvalue weighted by atomic mass is 19.4. The minimum atomic E-state index is -5.33. The Balaban J connectivity index is 2.41. The van der Waals surface area contributed by atoms with E-state index >= 15 is 0 Å². The van der Waals surface area contributed by atoms with Crippen LogP contribution in [0.2, 0.25) is 0 Å². The molecule has 10 heteroatoms. The monoisotopic (exact) mass is 360 g/mol. The molecule has 7 nitrogen and oxygen atoms in total.